The molecular formula is C27H39Ce. The maximum atomic E-state index is 2.24. The zero-order valence-electron chi connectivity index (χ0n) is 20.2. The van der Waals surface area contributed by atoms with Crippen LogP contribution in [0.25, 0.3) is 0 Å². The summed E-state index contributed by atoms with van der Waals surface area (Å²) < 4.78 is 0. The van der Waals surface area contributed by atoms with Crippen LogP contribution in [0.2, 0.25) is 0 Å². The summed E-state index contributed by atoms with van der Waals surface area (Å²) in [5.41, 5.74) is 17.2. The fourth-order valence-corrected chi connectivity index (χ4v) is 3.40. The third kappa shape index (κ3) is 6.74. The van der Waals surface area contributed by atoms with Gasteiger partial charge in [-0.3, -0.25) is 0 Å². The van der Waals surface area contributed by atoms with Crippen LogP contribution in [0, 0.1) is 125 Å². The average Bonchev–Trinajstić information content (AvgIpc) is 3.07. The molecule has 0 saturated carbocycles. The minimum absolute atomic E-state index is 0. The van der Waals surface area contributed by atoms with E-state index in [1.54, 1.807) is 0 Å². The Bertz CT molecular complexity index is 707. The summed E-state index contributed by atoms with van der Waals surface area (Å²) in [6, 6.07) is 6.72. The van der Waals surface area contributed by atoms with E-state index in [-0.39, 0.29) is 41.7 Å². The van der Waals surface area contributed by atoms with Gasteiger partial charge in [0, 0.05) is 0 Å². The largest absolute Gasteiger partial charge is 3.00 e. The zero-order valence-corrected chi connectivity index (χ0v) is 23.4. The Hall–Kier alpha value is -0.573. The molecule has 0 unspecified atom stereocenters. The van der Waals surface area contributed by atoms with Crippen molar-refractivity contribution in [1.82, 2.24) is 0 Å². The van der Waals surface area contributed by atoms with E-state index in [0.717, 1.165) is 0 Å². The van der Waals surface area contributed by atoms with Crippen molar-refractivity contribution in [2.24, 2.45) is 0 Å². The fraction of sp³-hybridized carbons (Fsp3) is 0.444. The zero-order chi connectivity index (χ0) is 21.0. The molecule has 0 fully saturated rings. The molecule has 0 aliphatic carbocycles. The first-order valence-corrected chi connectivity index (χ1v) is 9.98. The second kappa shape index (κ2) is 11.6. The molecule has 1 radical (unpaired) electrons. The molecule has 1 heteroatoms. The van der Waals surface area contributed by atoms with Gasteiger partial charge in [-0.05, 0) is 0 Å². The van der Waals surface area contributed by atoms with Crippen molar-refractivity contribution in [2.75, 3.05) is 0 Å². The van der Waals surface area contributed by atoms with Gasteiger partial charge in [-0.25, -0.2) is 18.2 Å². The third-order valence-electron chi connectivity index (χ3n) is 6.54. The molecule has 0 heterocycles. The Morgan fingerprint density at radius 1 is 0.429 bits per heavy atom. The molecule has 0 spiro atoms. The van der Waals surface area contributed by atoms with E-state index in [4.69, 9.17) is 0 Å². The summed E-state index contributed by atoms with van der Waals surface area (Å²) in [5, 5.41) is 0. The standard InChI is InChI=1S/3C9H13.Ce/c3*1-6-5-7(2)9(4)8(6)3;/h3*5H,1-4H3;/q3*-1;+3. The van der Waals surface area contributed by atoms with Crippen molar-refractivity contribution in [2.45, 2.75) is 83.1 Å². The topological polar surface area (TPSA) is 0 Å². The van der Waals surface area contributed by atoms with Crippen molar-refractivity contribution in [3.05, 3.63) is 85.0 Å². The molecule has 3 aromatic rings. The minimum atomic E-state index is 0. The van der Waals surface area contributed by atoms with Crippen LogP contribution in [0.5, 0.6) is 0 Å². The Balaban J connectivity index is 0.000000384. The molecule has 0 aromatic heterocycles. The molecule has 28 heavy (non-hydrogen) atoms. The van der Waals surface area contributed by atoms with E-state index in [9.17, 15) is 0 Å². The van der Waals surface area contributed by atoms with E-state index in [1.807, 2.05) is 0 Å². The monoisotopic (exact) mass is 503 g/mol. The number of hydrogen-bond acceptors (Lipinski definition) is 0. The van der Waals surface area contributed by atoms with E-state index >= 15 is 0 Å². The van der Waals surface area contributed by atoms with Gasteiger partial charge in [0.25, 0.3) is 0 Å². The summed E-state index contributed by atoms with van der Waals surface area (Å²) in [4.78, 5) is 0. The Morgan fingerprint density at radius 2 is 0.607 bits per heavy atom. The summed E-state index contributed by atoms with van der Waals surface area (Å²) >= 11 is 0. The van der Waals surface area contributed by atoms with Gasteiger partial charge >= 0.3 is 41.7 Å². The molecule has 0 saturated heterocycles. The Labute approximate surface area is 208 Å². The van der Waals surface area contributed by atoms with Crippen LogP contribution in [0.15, 0.2) is 18.2 Å². The van der Waals surface area contributed by atoms with E-state index in [1.165, 1.54) is 66.8 Å². The molecule has 151 valence electrons. The summed E-state index contributed by atoms with van der Waals surface area (Å²) in [5.74, 6) is 0. The average molecular weight is 504 g/mol. The molecule has 0 nitrogen and oxygen atoms in total. The van der Waals surface area contributed by atoms with Crippen LogP contribution < -0.4 is 0 Å². The molecule has 3 rings (SSSR count). The molecule has 0 amide bonds. The van der Waals surface area contributed by atoms with Crippen molar-refractivity contribution < 1.29 is 41.7 Å². The second-order valence-corrected chi connectivity index (χ2v) is 8.28. The van der Waals surface area contributed by atoms with Gasteiger partial charge < -0.3 is 0 Å². The maximum absolute atomic E-state index is 2.24. The van der Waals surface area contributed by atoms with Crippen LogP contribution in [0.4, 0.5) is 0 Å². The fourth-order valence-electron chi connectivity index (χ4n) is 3.40. The van der Waals surface area contributed by atoms with Gasteiger partial charge in [-0.15, -0.1) is 0 Å². The quantitative estimate of drug-likeness (QED) is 0.273. The van der Waals surface area contributed by atoms with E-state index in [0.29, 0.717) is 0 Å². The number of hydrogen-bond donors (Lipinski definition) is 0. The van der Waals surface area contributed by atoms with Gasteiger partial charge in [0.2, 0.25) is 0 Å². The summed E-state index contributed by atoms with van der Waals surface area (Å²) in [6.07, 6.45) is 0. The van der Waals surface area contributed by atoms with E-state index in [2.05, 4.69) is 101 Å². The summed E-state index contributed by atoms with van der Waals surface area (Å²) in [7, 11) is 0. The van der Waals surface area contributed by atoms with Gasteiger partial charge in [0.05, 0.1) is 0 Å². The van der Waals surface area contributed by atoms with Crippen LogP contribution in [0.1, 0.15) is 66.8 Å². The molecule has 0 aliphatic rings. The predicted molar refractivity (Wildman–Crippen MR) is 123 cm³/mol. The van der Waals surface area contributed by atoms with Gasteiger partial charge in [-0.2, -0.15) is 66.8 Å². The van der Waals surface area contributed by atoms with Crippen LogP contribution in [-0.4, -0.2) is 0 Å². The Kier molecular flexibility index (Phi) is 11.3. The van der Waals surface area contributed by atoms with E-state index < -0.39 is 0 Å². The normalized spacial score (nSPS) is 9.86. The van der Waals surface area contributed by atoms with Crippen LogP contribution in [0.3, 0.4) is 0 Å². The van der Waals surface area contributed by atoms with Crippen LogP contribution in [-0.2, 0) is 0 Å². The van der Waals surface area contributed by atoms with Gasteiger partial charge in [-0.1, -0.05) is 83.1 Å². The second-order valence-electron chi connectivity index (χ2n) is 8.28. The first-order chi connectivity index (χ1) is 12.4. The maximum Gasteiger partial charge on any atom is 3.00 e. The first kappa shape index (κ1) is 27.4. The molecular weight excluding hydrogens is 464 g/mol. The van der Waals surface area contributed by atoms with Crippen molar-refractivity contribution in [3.63, 3.8) is 0 Å². The molecule has 0 atom stereocenters. The minimum Gasteiger partial charge on any atom is -0.207 e. The van der Waals surface area contributed by atoms with Crippen molar-refractivity contribution >= 4 is 0 Å². The predicted octanol–water partition coefficient (Wildman–Crippen LogP) is 7.92. The number of aryl methyl sites for hydroxylation is 6. The van der Waals surface area contributed by atoms with Crippen molar-refractivity contribution in [3.8, 4) is 0 Å². The first-order valence-electron chi connectivity index (χ1n) is 9.98. The van der Waals surface area contributed by atoms with Gasteiger partial charge in [0.1, 0.15) is 0 Å². The van der Waals surface area contributed by atoms with Crippen LogP contribution >= 0.6 is 0 Å². The third-order valence-corrected chi connectivity index (χ3v) is 6.54. The number of rotatable bonds is 0. The molecule has 0 aliphatic heterocycles. The Morgan fingerprint density at radius 3 is 0.643 bits per heavy atom. The molecule has 3 aromatic carbocycles. The van der Waals surface area contributed by atoms with Gasteiger partial charge in [0.15, 0.2) is 0 Å². The smallest absolute Gasteiger partial charge is 0.207 e. The molecule has 0 bridgehead atoms. The van der Waals surface area contributed by atoms with Crippen molar-refractivity contribution in [1.29, 1.82) is 0 Å². The SMILES string of the molecule is Cc1cc(C)[c-](C)c1C.Cc1cc(C)[c-](C)c1C.Cc1cc(C)[c-](C)c1C.[Ce+3]. The molecule has 0 N–H and O–H groups in total. The summed E-state index contributed by atoms with van der Waals surface area (Å²) in [6.45, 7) is 26.0.